The number of hydrogen-bond donors (Lipinski definition) is 1. The first kappa shape index (κ1) is 17.1. The van der Waals surface area contributed by atoms with Crippen molar-refractivity contribution in [2.24, 2.45) is 0 Å². The van der Waals surface area contributed by atoms with Crippen LogP contribution in [-0.4, -0.2) is 25.9 Å². The van der Waals surface area contributed by atoms with Crippen molar-refractivity contribution in [2.45, 2.75) is 19.8 Å². The molecule has 0 unspecified atom stereocenters. The molecule has 8 heteroatoms. The molecule has 0 spiro atoms. The normalized spacial score (nSPS) is 12.4. The molecule has 0 atom stereocenters. The van der Waals surface area contributed by atoms with Gasteiger partial charge in [0.15, 0.2) is 11.0 Å². The molecule has 0 radical (unpaired) electrons. The first-order valence-electron chi connectivity index (χ1n) is 8.20. The van der Waals surface area contributed by atoms with E-state index in [0.717, 1.165) is 34.7 Å². The minimum absolute atomic E-state index is 0.117. The van der Waals surface area contributed by atoms with Crippen LogP contribution in [0.3, 0.4) is 0 Å². The first-order valence-corrected chi connectivity index (χ1v) is 10.0. The molecule has 0 saturated carbocycles. The van der Waals surface area contributed by atoms with Gasteiger partial charge in [0.05, 0.1) is 21.8 Å². The summed E-state index contributed by atoms with van der Waals surface area (Å²) in [5, 5.41) is 3.27. The van der Waals surface area contributed by atoms with E-state index in [-0.39, 0.29) is 11.1 Å². The van der Waals surface area contributed by atoms with Gasteiger partial charge in [-0.25, -0.2) is 19.3 Å². The summed E-state index contributed by atoms with van der Waals surface area (Å²) in [6, 6.07) is 6.47. The second-order valence-electron chi connectivity index (χ2n) is 5.69. The fourth-order valence-electron chi connectivity index (χ4n) is 2.83. The van der Waals surface area contributed by atoms with E-state index in [0.29, 0.717) is 22.3 Å². The summed E-state index contributed by atoms with van der Waals surface area (Å²) in [5.74, 6) is 0.714. The van der Waals surface area contributed by atoms with E-state index in [2.05, 4.69) is 20.3 Å². The Morgan fingerprint density at radius 2 is 2.15 bits per heavy atom. The summed E-state index contributed by atoms with van der Waals surface area (Å²) < 4.78 is 14.1. The number of carbonyl (C=O) groups is 1. The highest BCUT2D eigenvalue weighted by atomic mass is 32.2. The molecule has 2 heterocycles. The Hall–Kier alpha value is -2.32. The monoisotopic (exact) mass is 386 g/mol. The Balaban J connectivity index is 1.72. The summed E-state index contributed by atoms with van der Waals surface area (Å²) in [7, 11) is 0. The van der Waals surface area contributed by atoms with Crippen molar-refractivity contribution in [2.75, 3.05) is 11.1 Å². The highest BCUT2D eigenvalue weighted by molar-refractivity contribution is 8.13. The second kappa shape index (κ2) is 7.13. The summed E-state index contributed by atoms with van der Waals surface area (Å²) in [4.78, 5) is 26.2. The van der Waals surface area contributed by atoms with E-state index in [1.165, 1.54) is 29.2 Å². The number of halogens is 1. The number of carbonyl (C=O) groups excluding carboxylic acids is 1. The molecular weight excluding hydrogens is 371 g/mol. The van der Waals surface area contributed by atoms with Gasteiger partial charge < -0.3 is 0 Å². The maximum atomic E-state index is 14.1. The minimum Gasteiger partial charge on any atom is -0.293 e. The zero-order valence-corrected chi connectivity index (χ0v) is 15.6. The van der Waals surface area contributed by atoms with Crippen LogP contribution in [0.5, 0.6) is 0 Å². The molecule has 132 valence electrons. The van der Waals surface area contributed by atoms with E-state index >= 15 is 0 Å². The number of anilines is 1. The number of benzene rings is 1. The molecular formula is C18H15FN4OS2. The van der Waals surface area contributed by atoms with Crippen molar-refractivity contribution in [1.82, 2.24) is 15.0 Å². The molecule has 4 rings (SSSR count). The zero-order valence-electron chi connectivity index (χ0n) is 14.0. The lowest BCUT2D eigenvalue weighted by Crippen LogP contribution is -2.07. The predicted octanol–water partition coefficient (Wildman–Crippen LogP) is 4.79. The number of thiazole rings is 1. The smallest absolute Gasteiger partial charge is 0.285 e. The molecule has 1 aromatic carbocycles. The maximum absolute atomic E-state index is 14.1. The third-order valence-electron chi connectivity index (χ3n) is 4.01. The lowest BCUT2D eigenvalue weighted by Gasteiger charge is -2.14. The summed E-state index contributed by atoms with van der Waals surface area (Å²) >= 11 is 2.61. The average molecular weight is 386 g/mol. The fourth-order valence-corrected chi connectivity index (χ4v) is 4.35. The largest absolute Gasteiger partial charge is 0.293 e. The van der Waals surface area contributed by atoms with Crippen molar-refractivity contribution >= 4 is 33.5 Å². The zero-order chi connectivity index (χ0) is 18.1. The number of aryl methyl sites for hydroxylation is 2. The van der Waals surface area contributed by atoms with E-state index in [1.807, 2.05) is 6.92 Å². The molecule has 1 amide bonds. The van der Waals surface area contributed by atoms with Gasteiger partial charge in [0.1, 0.15) is 5.82 Å². The molecule has 1 aliphatic rings. The van der Waals surface area contributed by atoms with Crippen LogP contribution in [0.4, 0.5) is 14.3 Å². The van der Waals surface area contributed by atoms with E-state index in [1.54, 1.807) is 24.4 Å². The standard InChI is InChI=1S/C18H15FN4OS2/c1-2-25-18(24)23-17-21-13-8-7-10-9-20-16(22-14(10)15(13)26-17)11-5-3-4-6-12(11)19/h3-6,9H,2,7-8H2,1H3,(H,21,23,24). The van der Waals surface area contributed by atoms with E-state index < -0.39 is 0 Å². The van der Waals surface area contributed by atoms with E-state index in [9.17, 15) is 9.18 Å². The summed E-state index contributed by atoms with van der Waals surface area (Å²) in [6.07, 6.45) is 3.32. The van der Waals surface area contributed by atoms with Crippen LogP contribution >= 0.6 is 23.1 Å². The number of rotatable bonds is 3. The molecule has 0 bridgehead atoms. The van der Waals surface area contributed by atoms with Crippen LogP contribution in [0.2, 0.25) is 0 Å². The van der Waals surface area contributed by atoms with Crippen molar-refractivity contribution in [3.05, 3.63) is 47.5 Å². The van der Waals surface area contributed by atoms with Crippen LogP contribution in [0.1, 0.15) is 18.2 Å². The number of nitrogens with one attached hydrogen (secondary N) is 1. The van der Waals surface area contributed by atoms with Crippen LogP contribution in [0, 0.1) is 5.82 Å². The Kier molecular flexibility index (Phi) is 4.69. The topological polar surface area (TPSA) is 67.8 Å². The summed E-state index contributed by atoms with van der Waals surface area (Å²) in [6.45, 7) is 1.93. The van der Waals surface area contributed by atoms with Gasteiger partial charge in [-0.15, -0.1) is 0 Å². The molecule has 2 aromatic heterocycles. The van der Waals surface area contributed by atoms with Gasteiger partial charge >= 0.3 is 0 Å². The van der Waals surface area contributed by atoms with Crippen LogP contribution < -0.4 is 5.32 Å². The average Bonchev–Trinajstić information content (AvgIpc) is 3.04. The van der Waals surface area contributed by atoms with Crippen LogP contribution in [-0.2, 0) is 12.8 Å². The van der Waals surface area contributed by atoms with E-state index in [4.69, 9.17) is 0 Å². The number of fused-ring (bicyclic) bond motifs is 3. The van der Waals surface area contributed by atoms with Crippen molar-refractivity contribution in [1.29, 1.82) is 0 Å². The lowest BCUT2D eigenvalue weighted by atomic mass is 9.99. The van der Waals surface area contributed by atoms with Gasteiger partial charge in [-0.05, 0) is 36.3 Å². The fraction of sp³-hybridized carbons (Fsp3) is 0.222. The number of nitrogens with zero attached hydrogens (tertiary/aromatic N) is 3. The number of aromatic nitrogens is 3. The van der Waals surface area contributed by atoms with Crippen molar-refractivity contribution in [3.8, 4) is 22.0 Å². The Bertz CT molecular complexity index is 989. The van der Waals surface area contributed by atoms with Gasteiger partial charge in [0.25, 0.3) is 5.24 Å². The summed E-state index contributed by atoms with van der Waals surface area (Å²) in [5.41, 5.74) is 3.08. The third kappa shape index (κ3) is 3.22. The maximum Gasteiger partial charge on any atom is 0.285 e. The second-order valence-corrected chi connectivity index (χ2v) is 7.92. The molecule has 1 aliphatic carbocycles. The van der Waals surface area contributed by atoms with Crippen molar-refractivity contribution < 1.29 is 9.18 Å². The molecule has 5 nitrogen and oxygen atoms in total. The number of hydrogen-bond acceptors (Lipinski definition) is 6. The molecule has 0 saturated heterocycles. The van der Waals surface area contributed by atoms with Crippen molar-refractivity contribution in [3.63, 3.8) is 0 Å². The van der Waals surface area contributed by atoms with Gasteiger partial charge in [-0.3, -0.25) is 10.1 Å². The van der Waals surface area contributed by atoms with Crippen LogP contribution in [0.25, 0.3) is 22.0 Å². The molecule has 3 aromatic rings. The third-order valence-corrected chi connectivity index (χ3v) is 5.68. The van der Waals surface area contributed by atoms with Gasteiger partial charge in [0, 0.05) is 6.20 Å². The molecule has 0 aliphatic heterocycles. The Morgan fingerprint density at radius 3 is 2.96 bits per heavy atom. The quantitative estimate of drug-likeness (QED) is 0.701. The van der Waals surface area contributed by atoms with Gasteiger partial charge in [-0.2, -0.15) is 0 Å². The van der Waals surface area contributed by atoms with Crippen LogP contribution in [0.15, 0.2) is 30.5 Å². The Morgan fingerprint density at radius 1 is 1.31 bits per heavy atom. The molecule has 0 fully saturated rings. The minimum atomic E-state index is -0.350. The predicted molar refractivity (Wildman–Crippen MR) is 103 cm³/mol. The SMILES string of the molecule is CCSC(=O)Nc1nc2c(s1)-c1nc(-c3ccccc3F)ncc1CC2. The lowest BCUT2D eigenvalue weighted by molar-refractivity contribution is 0.270. The first-order chi connectivity index (χ1) is 12.7. The molecule has 26 heavy (non-hydrogen) atoms. The number of thioether (sulfide) groups is 1. The highest BCUT2D eigenvalue weighted by Crippen LogP contribution is 2.39. The molecule has 1 N–H and O–H groups in total. The number of amides is 1. The van der Waals surface area contributed by atoms with Gasteiger partial charge in [0.2, 0.25) is 0 Å². The Labute approximate surface area is 158 Å². The van der Waals surface area contributed by atoms with Gasteiger partial charge in [-0.1, -0.05) is 42.2 Å². The highest BCUT2D eigenvalue weighted by Gasteiger charge is 2.24.